The SMILES string of the molecule is Cc1ccc(N=CN2CCC(C)C2)c(O[Si](C)(C)C)c1. The molecule has 0 aromatic heterocycles. The molecule has 110 valence electrons. The average molecular weight is 290 g/mol. The van der Waals surface area contributed by atoms with E-state index in [1.165, 1.54) is 12.0 Å². The molecule has 0 saturated carbocycles. The van der Waals surface area contributed by atoms with Gasteiger partial charge in [-0.15, -0.1) is 0 Å². The van der Waals surface area contributed by atoms with E-state index >= 15 is 0 Å². The summed E-state index contributed by atoms with van der Waals surface area (Å²) in [7, 11) is -1.61. The van der Waals surface area contributed by atoms with Gasteiger partial charge in [0.2, 0.25) is 8.32 Å². The Morgan fingerprint density at radius 2 is 2.10 bits per heavy atom. The van der Waals surface area contributed by atoms with Gasteiger partial charge in [0.05, 0.1) is 6.34 Å². The number of aliphatic imine (C=N–C) groups is 1. The van der Waals surface area contributed by atoms with Crippen molar-refractivity contribution in [2.75, 3.05) is 13.1 Å². The van der Waals surface area contributed by atoms with Crippen LogP contribution in [0.2, 0.25) is 19.6 Å². The highest BCUT2D eigenvalue weighted by molar-refractivity contribution is 6.70. The molecule has 1 unspecified atom stereocenters. The van der Waals surface area contributed by atoms with Crippen molar-refractivity contribution in [1.82, 2.24) is 4.90 Å². The number of benzene rings is 1. The summed E-state index contributed by atoms with van der Waals surface area (Å²) in [5, 5.41) is 0. The lowest BCUT2D eigenvalue weighted by Gasteiger charge is -2.21. The minimum absolute atomic E-state index is 0.775. The monoisotopic (exact) mass is 290 g/mol. The highest BCUT2D eigenvalue weighted by Gasteiger charge is 2.19. The lowest BCUT2D eigenvalue weighted by atomic mass is 10.2. The number of likely N-dealkylation sites (tertiary alicyclic amines) is 1. The van der Waals surface area contributed by atoms with Crippen LogP contribution in [0.4, 0.5) is 5.69 Å². The zero-order valence-electron chi connectivity index (χ0n) is 13.3. The lowest BCUT2D eigenvalue weighted by molar-refractivity contribution is 0.507. The van der Waals surface area contributed by atoms with Crippen LogP contribution in [0.1, 0.15) is 18.9 Å². The van der Waals surface area contributed by atoms with Gasteiger partial charge in [0, 0.05) is 13.1 Å². The molecule has 1 aromatic carbocycles. The third kappa shape index (κ3) is 4.37. The van der Waals surface area contributed by atoms with Crippen LogP contribution in [0.15, 0.2) is 23.2 Å². The summed E-state index contributed by atoms with van der Waals surface area (Å²) in [5.74, 6) is 1.70. The molecule has 3 nitrogen and oxygen atoms in total. The van der Waals surface area contributed by atoms with E-state index in [0.29, 0.717) is 0 Å². The Kier molecular flexibility index (Phi) is 4.53. The maximum Gasteiger partial charge on any atom is 0.242 e. The predicted molar refractivity (Wildman–Crippen MR) is 88.7 cm³/mol. The smallest absolute Gasteiger partial charge is 0.242 e. The fourth-order valence-corrected chi connectivity index (χ4v) is 3.18. The van der Waals surface area contributed by atoms with Gasteiger partial charge in [-0.2, -0.15) is 0 Å². The summed E-state index contributed by atoms with van der Waals surface area (Å²) in [6, 6.07) is 6.24. The molecule has 1 atom stereocenters. The highest BCUT2D eigenvalue weighted by atomic mass is 28.4. The molecule has 0 aliphatic carbocycles. The molecule has 1 aliphatic heterocycles. The van der Waals surface area contributed by atoms with Gasteiger partial charge < -0.3 is 9.33 Å². The molecule has 1 heterocycles. The quantitative estimate of drug-likeness (QED) is 0.471. The summed E-state index contributed by atoms with van der Waals surface area (Å²) in [6.45, 7) is 13.2. The third-order valence-electron chi connectivity index (χ3n) is 3.35. The second-order valence-corrected chi connectivity index (χ2v) is 11.2. The molecule has 0 N–H and O–H groups in total. The summed E-state index contributed by atoms with van der Waals surface area (Å²) in [6.07, 6.45) is 3.24. The van der Waals surface area contributed by atoms with Crippen LogP contribution < -0.4 is 4.43 Å². The molecule has 0 radical (unpaired) electrons. The maximum absolute atomic E-state index is 6.16. The summed E-state index contributed by atoms with van der Waals surface area (Å²) < 4.78 is 6.16. The Hall–Kier alpha value is -1.29. The van der Waals surface area contributed by atoms with Gasteiger partial charge in [-0.25, -0.2) is 4.99 Å². The molecular weight excluding hydrogens is 264 g/mol. The lowest BCUT2D eigenvalue weighted by Crippen LogP contribution is -2.29. The second kappa shape index (κ2) is 6.00. The number of hydrogen-bond donors (Lipinski definition) is 0. The van der Waals surface area contributed by atoms with E-state index in [2.05, 4.69) is 61.6 Å². The van der Waals surface area contributed by atoms with Gasteiger partial charge in [-0.1, -0.05) is 13.0 Å². The Morgan fingerprint density at radius 3 is 2.70 bits per heavy atom. The Morgan fingerprint density at radius 1 is 1.35 bits per heavy atom. The Labute approximate surface area is 123 Å². The van der Waals surface area contributed by atoms with E-state index < -0.39 is 8.32 Å². The Bertz CT molecular complexity index is 494. The van der Waals surface area contributed by atoms with Gasteiger partial charge in [-0.05, 0) is 56.6 Å². The molecule has 1 fully saturated rings. The topological polar surface area (TPSA) is 24.8 Å². The highest BCUT2D eigenvalue weighted by Crippen LogP contribution is 2.30. The van der Waals surface area contributed by atoms with Crippen molar-refractivity contribution in [3.05, 3.63) is 23.8 Å². The minimum Gasteiger partial charge on any atom is -0.543 e. The van der Waals surface area contributed by atoms with Gasteiger partial charge in [0.15, 0.2) is 0 Å². The van der Waals surface area contributed by atoms with Crippen molar-refractivity contribution < 1.29 is 4.43 Å². The second-order valence-electron chi connectivity index (χ2n) is 6.82. The van der Waals surface area contributed by atoms with Gasteiger partial charge in [-0.3, -0.25) is 0 Å². The van der Waals surface area contributed by atoms with E-state index in [9.17, 15) is 0 Å². The van der Waals surface area contributed by atoms with Crippen LogP contribution in [0.3, 0.4) is 0 Å². The molecule has 4 heteroatoms. The molecule has 20 heavy (non-hydrogen) atoms. The zero-order valence-corrected chi connectivity index (χ0v) is 14.3. The number of hydrogen-bond acceptors (Lipinski definition) is 2. The van der Waals surface area contributed by atoms with Crippen molar-refractivity contribution in [2.45, 2.75) is 39.9 Å². The van der Waals surface area contributed by atoms with Gasteiger partial charge in [0.25, 0.3) is 0 Å². The van der Waals surface area contributed by atoms with E-state index in [0.717, 1.165) is 30.4 Å². The third-order valence-corrected chi connectivity index (χ3v) is 4.18. The van der Waals surface area contributed by atoms with E-state index in [4.69, 9.17) is 4.43 Å². The van der Waals surface area contributed by atoms with Crippen molar-refractivity contribution >= 4 is 20.3 Å². The summed E-state index contributed by atoms with van der Waals surface area (Å²) >= 11 is 0. The molecule has 2 rings (SSSR count). The normalized spacial score (nSPS) is 19.9. The molecule has 0 spiro atoms. The standard InChI is InChI=1S/C16H26N2OSi/c1-13-6-7-15(16(10-13)19-20(3,4)5)17-12-18-9-8-14(2)11-18/h6-7,10,12,14H,8-9,11H2,1-5H3. The first-order valence-electron chi connectivity index (χ1n) is 7.41. The Balaban J connectivity index is 2.16. The first-order valence-corrected chi connectivity index (χ1v) is 10.8. The molecular formula is C16H26N2OSi. The fourth-order valence-electron chi connectivity index (χ4n) is 2.36. The predicted octanol–water partition coefficient (Wildman–Crippen LogP) is 4.21. The van der Waals surface area contributed by atoms with Gasteiger partial charge in [0.1, 0.15) is 11.4 Å². The van der Waals surface area contributed by atoms with Crippen LogP contribution in [-0.2, 0) is 0 Å². The van der Waals surface area contributed by atoms with Crippen LogP contribution in [0.5, 0.6) is 5.75 Å². The summed E-state index contributed by atoms with van der Waals surface area (Å²) in [5.41, 5.74) is 2.16. The molecule has 1 saturated heterocycles. The van der Waals surface area contributed by atoms with Crippen LogP contribution >= 0.6 is 0 Å². The van der Waals surface area contributed by atoms with Crippen LogP contribution in [0, 0.1) is 12.8 Å². The number of aryl methyl sites for hydroxylation is 1. The fraction of sp³-hybridized carbons (Fsp3) is 0.562. The first-order chi connectivity index (χ1) is 9.33. The summed E-state index contributed by atoms with van der Waals surface area (Å²) in [4.78, 5) is 6.94. The zero-order chi connectivity index (χ0) is 14.8. The average Bonchev–Trinajstić information content (AvgIpc) is 2.72. The van der Waals surface area contributed by atoms with Crippen LogP contribution in [0.25, 0.3) is 0 Å². The van der Waals surface area contributed by atoms with Crippen LogP contribution in [-0.4, -0.2) is 32.6 Å². The van der Waals surface area contributed by atoms with E-state index in [-0.39, 0.29) is 0 Å². The first kappa shape index (κ1) is 15.1. The largest absolute Gasteiger partial charge is 0.543 e. The van der Waals surface area contributed by atoms with Crippen molar-refractivity contribution in [3.8, 4) is 5.75 Å². The van der Waals surface area contributed by atoms with E-state index in [1.807, 2.05) is 6.34 Å². The minimum atomic E-state index is -1.61. The van der Waals surface area contributed by atoms with E-state index in [1.54, 1.807) is 0 Å². The molecule has 1 aromatic rings. The molecule has 1 aliphatic rings. The number of rotatable bonds is 4. The molecule has 0 amide bonds. The molecule has 0 bridgehead atoms. The van der Waals surface area contributed by atoms with Gasteiger partial charge >= 0.3 is 0 Å². The number of nitrogens with zero attached hydrogens (tertiary/aromatic N) is 2. The van der Waals surface area contributed by atoms with Crippen molar-refractivity contribution in [3.63, 3.8) is 0 Å². The maximum atomic E-state index is 6.16. The van der Waals surface area contributed by atoms with Crippen molar-refractivity contribution in [2.24, 2.45) is 10.9 Å². The van der Waals surface area contributed by atoms with Crippen molar-refractivity contribution in [1.29, 1.82) is 0 Å².